The minimum Gasteiger partial charge on any atom is -0.364 e. The second-order valence-corrected chi connectivity index (χ2v) is 4.75. The highest BCUT2D eigenvalue weighted by molar-refractivity contribution is 5.91. The van der Waals surface area contributed by atoms with Crippen molar-refractivity contribution in [1.29, 1.82) is 0 Å². The number of primary amides is 1. The van der Waals surface area contributed by atoms with Gasteiger partial charge in [0.25, 0.3) is 5.91 Å². The molecule has 2 aromatic rings. The van der Waals surface area contributed by atoms with E-state index in [4.69, 9.17) is 5.73 Å². The number of amides is 1. The average Bonchev–Trinajstić information content (AvgIpc) is 2.53. The van der Waals surface area contributed by atoms with Crippen LogP contribution in [0.3, 0.4) is 0 Å². The molecule has 0 aliphatic rings. The normalized spacial score (nSPS) is 10.8. The summed E-state index contributed by atoms with van der Waals surface area (Å²) in [4.78, 5) is 22.5. The summed E-state index contributed by atoms with van der Waals surface area (Å²) in [5, 5.41) is 0. The van der Waals surface area contributed by atoms with Crippen LogP contribution in [-0.2, 0) is 6.54 Å². The molecule has 1 aromatic heterocycles. The van der Waals surface area contributed by atoms with Gasteiger partial charge in [0.05, 0.1) is 12.2 Å². The van der Waals surface area contributed by atoms with Gasteiger partial charge in [-0.1, -0.05) is 44.2 Å². The third-order valence-corrected chi connectivity index (χ3v) is 3.35. The van der Waals surface area contributed by atoms with Crippen molar-refractivity contribution in [3.8, 4) is 11.3 Å². The summed E-state index contributed by atoms with van der Waals surface area (Å²) < 4.78 is 0. The molecule has 0 aliphatic carbocycles. The lowest BCUT2D eigenvalue weighted by Gasteiger charge is -2.17. The van der Waals surface area contributed by atoms with Crippen LogP contribution >= 0.6 is 0 Å². The lowest BCUT2D eigenvalue weighted by atomic mass is 10.1. The van der Waals surface area contributed by atoms with Crippen LogP contribution in [0.1, 0.15) is 30.2 Å². The zero-order valence-electron chi connectivity index (χ0n) is 12.4. The number of carbonyl (C=O) groups excluding carboxylic acids is 1. The molecule has 0 unspecified atom stereocenters. The highest BCUT2D eigenvalue weighted by atomic mass is 16.1. The van der Waals surface area contributed by atoms with Crippen molar-refractivity contribution in [2.75, 3.05) is 13.1 Å². The zero-order chi connectivity index (χ0) is 15.2. The van der Waals surface area contributed by atoms with Crippen molar-refractivity contribution < 1.29 is 4.79 Å². The van der Waals surface area contributed by atoms with E-state index < -0.39 is 5.91 Å². The van der Waals surface area contributed by atoms with Gasteiger partial charge in [-0.25, -0.2) is 9.97 Å². The Hall–Kier alpha value is -2.27. The number of hydrogen-bond donors (Lipinski definition) is 1. The van der Waals surface area contributed by atoms with Gasteiger partial charge in [0.1, 0.15) is 11.5 Å². The van der Waals surface area contributed by atoms with Gasteiger partial charge in [-0.05, 0) is 19.2 Å². The van der Waals surface area contributed by atoms with Crippen molar-refractivity contribution in [2.24, 2.45) is 5.73 Å². The van der Waals surface area contributed by atoms with E-state index in [1.807, 2.05) is 30.3 Å². The van der Waals surface area contributed by atoms with Crippen LogP contribution < -0.4 is 5.73 Å². The molecule has 0 bridgehead atoms. The van der Waals surface area contributed by atoms with Crippen molar-refractivity contribution in [2.45, 2.75) is 20.4 Å². The Morgan fingerprint density at radius 1 is 1.14 bits per heavy atom. The molecule has 1 aromatic carbocycles. The molecule has 1 amide bonds. The number of benzene rings is 1. The van der Waals surface area contributed by atoms with Gasteiger partial charge in [0.15, 0.2) is 0 Å². The van der Waals surface area contributed by atoms with Crippen molar-refractivity contribution in [3.05, 3.63) is 47.9 Å². The standard InChI is InChI=1S/C16H20N4O/c1-3-20(4-2)11-15-18-13(10-14(19-15)16(17)21)12-8-6-5-7-9-12/h5-10H,3-4,11H2,1-2H3,(H2,17,21). The van der Waals surface area contributed by atoms with Crippen LogP contribution in [0.25, 0.3) is 11.3 Å². The van der Waals surface area contributed by atoms with E-state index in [0.29, 0.717) is 12.4 Å². The van der Waals surface area contributed by atoms with Crippen LogP contribution in [0.15, 0.2) is 36.4 Å². The predicted octanol–water partition coefficient (Wildman–Crippen LogP) is 2.08. The fourth-order valence-corrected chi connectivity index (χ4v) is 2.10. The van der Waals surface area contributed by atoms with Crippen molar-refractivity contribution >= 4 is 5.91 Å². The quantitative estimate of drug-likeness (QED) is 0.881. The Balaban J connectivity index is 2.42. The maximum atomic E-state index is 11.5. The molecule has 21 heavy (non-hydrogen) atoms. The number of aromatic nitrogens is 2. The summed E-state index contributed by atoms with van der Waals surface area (Å²) >= 11 is 0. The lowest BCUT2D eigenvalue weighted by molar-refractivity contribution is 0.0995. The molecule has 1 heterocycles. The number of hydrogen-bond acceptors (Lipinski definition) is 4. The average molecular weight is 284 g/mol. The highest BCUT2D eigenvalue weighted by Crippen LogP contribution is 2.18. The summed E-state index contributed by atoms with van der Waals surface area (Å²) in [5.74, 6) is 0.0873. The van der Waals surface area contributed by atoms with E-state index in [9.17, 15) is 4.79 Å². The van der Waals surface area contributed by atoms with Crippen LogP contribution in [0.4, 0.5) is 0 Å². The smallest absolute Gasteiger partial charge is 0.267 e. The molecule has 0 aliphatic heterocycles. The van der Waals surface area contributed by atoms with E-state index in [-0.39, 0.29) is 5.69 Å². The minimum absolute atomic E-state index is 0.256. The van der Waals surface area contributed by atoms with Crippen LogP contribution in [-0.4, -0.2) is 33.9 Å². The molecular weight excluding hydrogens is 264 g/mol. The van der Waals surface area contributed by atoms with Crippen LogP contribution in [0.5, 0.6) is 0 Å². The van der Waals surface area contributed by atoms with Crippen molar-refractivity contribution in [1.82, 2.24) is 14.9 Å². The first-order valence-corrected chi connectivity index (χ1v) is 7.09. The summed E-state index contributed by atoms with van der Waals surface area (Å²) in [5.41, 5.74) is 7.31. The number of rotatable bonds is 6. The lowest BCUT2D eigenvalue weighted by Crippen LogP contribution is -2.24. The molecule has 0 atom stereocenters. The Morgan fingerprint density at radius 3 is 2.38 bits per heavy atom. The van der Waals surface area contributed by atoms with Gasteiger partial charge in [-0.15, -0.1) is 0 Å². The van der Waals surface area contributed by atoms with Crippen LogP contribution in [0.2, 0.25) is 0 Å². The molecule has 0 saturated carbocycles. The largest absolute Gasteiger partial charge is 0.364 e. The zero-order valence-corrected chi connectivity index (χ0v) is 12.4. The van der Waals surface area contributed by atoms with Gasteiger partial charge >= 0.3 is 0 Å². The molecule has 2 rings (SSSR count). The monoisotopic (exact) mass is 284 g/mol. The molecule has 0 radical (unpaired) electrons. The third kappa shape index (κ3) is 3.86. The first-order chi connectivity index (χ1) is 10.1. The van der Waals surface area contributed by atoms with E-state index in [0.717, 1.165) is 24.3 Å². The number of nitrogens with zero attached hydrogens (tertiary/aromatic N) is 3. The Bertz CT molecular complexity index is 609. The predicted molar refractivity (Wildman–Crippen MR) is 82.6 cm³/mol. The number of nitrogens with two attached hydrogens (primary N) is 1. The molecular formula is C16H20N4O. The molecule has 5 nitrogen and oxygen atoms in total. The first kappa shape index (κ1) is 15.1. The first-order valence-electron chi connectivity index (χ1n) is 7.09. The van der Waals surface area contributed by atoms with E-state index in [1.165, 1.54) is 0 Å². The van der Waals surface area contributed by atoms with E-state index in [1.54, 1.807) is 6.07 Å². The molecule has 2 N–H and O–H groups in total. The Labute approximate surface area is 124 Å². The number of carbonyl (C=O) groups is 1. The maximum Gasteiger partial charge on any atom is 0.267 e. The minimum atomic E-state index is -0.532. The van der Waals surface area contributed by atoms with E-state index in [2.05, 4.69) is 28.7 Å². The topological polar surface area (TPSA) is 72.1 Å². The maximum absolute atomic E-state index is 11.5. The van der Waals surface area contributed by atoms with Crippen LogP contribution in [0, 0.1) is 0 Å². The summed E-state index contributed by atoms with van der Waals surface area (Å²) in [6.07, 6.45) is 0. The Morgan fingerprint density at radius 2 is 1.81 bits per heavy atom. The summed E-state index contributed by atoms with van der Waals surface area (Å²) in [6.45, 7) is 6.58. The van der Waals surface area contributed by atoms with Gasteiger partial charge in [-0.3, -0.25) is 9.69 Å². The fourth-order valence-electron chi connectivity index (χ4n) is 2.10. The third-order valence-electron chi connectivity index (χ3n) is 3.35. The van der Waals surface area contributed by atoms with Gasteiger partial charge in [0, 0.05) is 5.56 Å². The highest BCUT2D eigenvalue weighted by Gasteiger charge is 2.12. The molecule has 110 valence electrons. The Kier molecular flexibility index (Phi) is 5.00. The van der Waals surface area contributed by atoms with Gasteiger partial charge < -0.3 is 5.73 Å². The van der Waals surface area contributed by atoms with Gasteiger partial charge in [0.2, 0.25) is 0 Å². The molecule has 5 heteroatoms. The molecule has 0 saturated heterocycles. The van der Waals surface area contributed by atoms with E-state index >= 15 is 0 Å². The second-order valence-electron chi connectivity index (χ2n) is 4.75. The van der Waals surface area contributed by atoms with Gasteiger partial charge in [-0.2, -0.15) is 0 Å². The second kappa shape index (κ2) is 6.95. The molecule has 0 fully saturated rings. The SMILES string of the molecule is CCN(CC)Cc1nc(C(N)=O)cc(-c2ccccc2)n1. The summed E-state index contributed by atoms with van der Waals surface area (Å²) in [7, 11) is 0. The van der Waals surface area contributed by atoms with Crippen molar-refractivity contribution in [3.63, 3.8) is 0 Å². The fraction of sp³-hybridized carbons (Fsp3) is 0.312. The molecule has 0 spiro atoms. The summed E-state index contributed by atoms with van der Waals surface area (Å²) in [6, 6.07) is 11.4.